The standard InChI is InChI=1S/C27H24N2O3/c1-17-7-6-12-25-26(17)29(18-8-2-3-9-20(15-18)31-25)19-13-14-23(30)21(16-19)27-28-22-10-4-5-11-24(22)32-27/h2-5,8-11,13-17,20,30H,6-7,12H2,1H3. The fourth-order valence-electron chi connectivity index (χ4n) is 4.82. The number of phenols is 1. The Morgan fingerprint density at radius 3 is 2.94 bits per heavy atom. The van der Waals surface area contributed by atoms with Gasteiger partial charge < -0.3 is 19.2 Å². The van der Waals surface area contributed by atoms with Crippen LogP contribution in [0.15, 0.2) is 94.4 Å². The van der Waals surface area contributed by atoms with E-state index in [4.69, 9.17) is 9.15 Å². The van der Waals surface area contributed by atoms with Crippen molar-refractivity contribution in [2.24, 2.45) is 5.92 Å². The molecule has 6 rings (SSSR count). The number of para-hydroxylation sites is 2. The number of rotatable bonds is 2. The number of benzene rings is 2. The summed E-state index contributed by atoms with van der Waals surface area (Å²) in [5.74, 6) is 1.96. The summed E-state index contributed by atoms with van der Waals surface area (Å²) < 4.78 is 12.4. The summed E-state index contributed by atoms with van der Waals surface area (Å²) in [6.07, 6.45) is 13.5. The van der Waals surface area contributed by atoms with Crippen LogP contribution in [0.4, 0.5) is 5.69 Å². The smallest absolute Gasteiger partial charge is 0.231 e. The van der Waals surface area contributed by atoms with Crippen molar-refractivity contribution < 1.29 is 14.3 Å². The van der Waals surface area contributed by atoms with Gasteiger partial charge in [0, 0.05) is 23.7 Å². The number of phenolic OH excluding ortho intramolecular Hbond substituents is 1. The minimum absolute atomic E-state index is 0.0890. The Balaban J connectivity index is 1.52. The van der Waals surface area contributed by atoms with Crippen LogP contribution in [0.5, 0.6) is 5.75 Å². The van der Waals surface area contributed by atoms with Crippen molar-refractivity contribution in [2.45, 2.75) is 32.3 Å². The summed E-state index contributed by atoms with van der Waals surface area (Å²) in [7, 11) is 0. The van der Waals surface area contributed by atoms with Crippen molar-refractivity contribution in [3.63, 3.8) is 0 Å². The molecule has 3 aromatic rings. The van der Waals surface area contributed by atoms with E-state index in [0.717, 1.165) is 41.9 Å². The Morgan fingerprint density at radius 2 is 2.03 bits per heavy atom. The Kier molecular flexibility index (Phi) is 4.42. The first kappa shape index (κ1) is 19.0. The van der Waals surface area contributed by atoms with Gasteiger partial charge in [-0.05, 0) is 61.4 Å². The van der Waals surface area contributed by atoms with Gasteiger partial charge in [-0.3, -0.25) is 0 Å². The molecule has 2 bridgehead atoms. The molecule has 2 aliphatic carbocycles. The average molecular weight is 425 g/mol. The molecule has 1 aliphatic heterocycles. The van der Waals surface area contributed by atoms with Crippen molar-refractivity contribution in [3.05, 3.63) is 90.0 Å². The highest BCUT2D eigenvalue weighted by Crippen LogP contribution is 2.43. The van der Waals surface area contributed by atoms with Crippen LogP contribution < -0.4 is 4.90 Å². The predicted octanol–water partition coefficient (Wildman–Crippen LogP) is 6.45. The molecule has 1 N–H and O–H groups in total. The second-order valence-electron chi connectivity index (χ2n) is 8.54. The first-order chi connectivity index (χ1) is 15.7. The summed E-state index contributed by atoms with van der Waals surface area (Å²) in [6.45, 7) is 2.26. The maximum atomic E-state index is 10.7. The number of hydrogen-bond acceptors (Lipinski definition) is 5. The first-order valence-corrected chi connectivity index (χ1v) is 11.1. The zero-order valence-corrected chi connectivity index (χ0v) is 17.9. The van der Waals surface area contributed by atoms with Gasteiger partial charge in [-0.2, -0.15) is 0 Å². The van der Waals surface area contributed by atoms with E-state index >= 15 is 0 Å². The highest BCUT2D eigenvalue weighted by Gasteiger charge is 2.32. The molecule has 1 aromatic heterocycles. The largest absolute Gasteiger partial charge is 0.507 e. The molecule has 2 aromatic carbocycles. The molecule has 32 heavy (non-hydrogen) atoms. The number of aromatic hydroxyl groups is 1. The minimum atomic E-state index is -0.0890. The van der Waals surface area contributed by atoms with Crippen LogP contribution in [-0.2, 0) is 4.74 Å². The SMILES string of the molecule is CC1CCCC2=C1N(c1ccc(O)c(-c3nc4ccccc4o3)c1)C1=CC(C=CC=C1)O2. The number of ether oxygens (including phenoxy) is 1. The molecule has 0 spiro atoms. The number of fused-ring (bicyclic) bond motifs is 2. The third kappa shape index (κ3) is 3.12. The van der Waals surface area contributed by atoms with Gasteiger partial charge in [-0.25, -0.2) is 4.98 Å². The lowest BCUT2D eigenvalue weighted by Crippen LogP contribution is -2.28. The summed E-state index contributed by atoms with van der Waals surface area (Å²) >= 11 is 0. The average Bonchev–Trinajstić information content (AvgIpc) is 3.00. The lowest BCUT2D eigenvalue weighted by Gasteiger charge is -2.35. The maximum Gasteiger partial charge on any atom is 0.231 e. The highest BCUT2D eigenvalue weighted by molar-refractivity contribution is 5.79. The molecule has 2 unspecified atom stereocenters. The topological polar surface area (TPSA) is 58.7 Å². The van der Waals surface area contributed by atoms with Gasteiger partial charge in [0.1, 0.15) is 23.1 Å². The van der Waals surface area contributed by atoms with Gasteiger partial charge in [-0.15, -0.1) is 0 Å². The Labute approximate surface area is 186 Å². The second-order valence-corrected chi connectivity index (χ2v) is 8.54. The number of nitrogens with zero attached hydrogens (tertiary/aromatic N) is 2. The number of oxazole rings is 1. The number of anilines is 1. The Bertz CT molecular complexity index is 1290. The quantitative estimate of drug-likeness (QED) is 0.512. The predicted molar refractivity (Wildman–Crippen MR) is 125 cm³/mol. The molecule has 5 heteroatoms. The molecule has 160 valence electrons. The van der Waals surface area contributed by atoms with Crippen LogP contribution in [0, 0.1) is 5.92 Å². The van der Waals surface area contributed by atoms with E-state index in [9.17, 15) is 5.11 Å². The first-order valence-electron chi connectivity index (χ1n) is 11.1. The van der Waals surface area contributed by atoms with Crippen molar-refractivity contribution in [1.29, 1.82) is 0 Å². The molecule has 0 fully saturated rings. The van der Waals surface area contributed by atoms with Crippen molar-refractivity contribution in [3.8, 4) is 17.2 Å². The van der Waals surface area contributed by atoms with Gasteiger partial charge in [0.05, 0.1) is 11.3 Å². The second kappa shape index (κ2) is 7.45. The van der Waals surface area contributed by atoms with E-state index in [-0.39, 0.29) is 11.9 Å². The number of allylic oxidation sites excluding steroid dienone is 5. The number of aromatic nitrogens is 1. The molecule has 2 heterocycles. The third-order valence-electron chi connectivity index (χ3n) is 6.35. The highest BCUT2D eigenvalue weighted by atomic mass is 16.5. The van der Waals surface area contributed by atoms with E-state index in [1.54, 1.807) is 6.07 Å². The van der Waals surface area contributed by atoms with Crippen LogP contribution in [0.1, 0.15) is 26.2 Å². The zero-order chi connectivity index (χ0) is 21.7. The van der Waals surface area contributed by atoms with E-state index in [1.807, 2.05) is 48.6 Å². The molecular formula is C27H24N2O3. The van der Waals surface area contributed by atoms with Crippen molar-refractivity contribution in [1.82, 2.24) is 4.98 Å². The molecular weight excluding hydrogens is 400 g/mol. The Morgan fingerprint density at radius 1 is 1.12 bits per heavy atom. The van der Waals surface area contributed by atoms with Gasteiger partial charge in [0.15, 0.2) is 5.58 Å². The normalized spacial score (nSPS) is 22.3. The monoisotopic (exact) mass is 424 g/mol. The fourth-order valence-corrected chi connectivity index (χ4v) is 4.82. The molecule has 5 nitrogen and oxygen atoms in total. The molecule has 2 atom stereocenters. The zero-order valence-electron chi connectivity index (χ0n) is 17.9. The molecule has 3 aliphatic rings. The van der Waals surface area contributed by atoms with Crippen molar-refractivity contribution in [2.75, 3.05) is 4.90 Å². The van der Waals surface area contributed by atoms with Gasteiger partial charge in [0.25, 0.3) is 0 Å². The lowest BCUT2D eigenvalue weighted by molar-refractivity contribution is 0.169. The summed E-state index contributed by atoms with van der Waals surface area (Å²) in [5, 5.41) is 10.7. The van der Waals surface area contributed by atoms with Crippen LogP contribution in [0.2, 0.25) is 0 Å². The van der Waals surface area contributed by atoms with Crippen LogP contribution in [-0.4, -0.2) is 16.2 Å². The van der Waals surface area contributed by atoms with Crippen molar-refractivity contribution >= 4 is 16.8 Å². The van der Waals surface area contributed by atoms with Gasteiger partial charge >= 0.3 is 0 Å². The van der Waals surface area contributed by atoms with E-state index in [1.165, 1.54) is 5.70 Å². The summed E-state index contributed by atoms with van der Waals surface area (Å²) in [4.78, 5) is 6.87. The van der Waals surface area contributed by atoms with Crippen LogP contribution in [0.25, 0.3) is 22.6 Å². The fraction of sp³-hybridized carbons (Fsp3) is 0.222. The summed E-state index contributed by atoms with van der Waals surface area (Å²) in [5.41, 5.74) is 5.24. The molecule has 0 amide bonds. The minimum Gasteiger partial charge on any atom is -0.507 e. The van der Waals surface area contributed by atoms with E-state index in [0.29, 0.717) is 23.0 Å². The van der Waals surface area contributed by atoms with E-state index < -0.39 is 0 Å². The summed E-state index contributed by atoms with van der Waals surface area (Å²) in [6, 6.07) is 13.3. The van der Waals surface area contributed by atoms with Gasteiger partial charge in [0.2, 0.25) is 5.89 Å². The molecule has 0 radical (unpaired) electrons. The van der Waals surface area contributed by atoms with Crippen LogP contribution in [0.3, 0.4) is 0 Å². The molecule has 0 saturated heterocycles. The molecule has 0 saturated carbocycles. The lowest BCUT2D eigenvalue weighted by atomic mass is 9.91. The van der Waals surface area contributed by atoms with Gasteiger partial charge in [-0.1, -0.05) is 31.2 Å². The maximum absolute atomic E-state index is 10.7. The number of hydrogen-bond donors (Lipinski definition) is 1. The third-order valence-corrected chi connectivity index (χ3v) is 6.35. The van der Waals surface area contributed by atoms with E-state index in [2.05, 4.69) is 35.0 Å². The Hall–Kier alpha value is -3.73. The van der Waals surface area contributed by atoms with Crippen LogP contribution >= 0.6 is 0 Å².